The van der Waals surface area contributed by atoms with Crippen molar-refractivity contribution in [3.8, 4) is 0 Å². The van der Waals surface area contributed by atoms with E-state index >= 15 is 0 Å². The zero-order valence-corrected chi connectivity index (χ0v) is 10.9. The first kappa shape index (κ1) is 15.0. The number of aliphatic hydroxyl groups is 1. The fourth-order valence-corrected chi connectivity index (χ4v) is 2.10. The van der Waals surface area contributed by atoms with Crippen LogP contribution in [0.25, 0.3) is 0 Å². The van der Waals surface area contributed by atoms with E-state index in [0.717, 1.165) is 11.1 Å². The minimum absolute atomic E-state index is 0.0656. The highest BCUT2D eigenvalue weighted by Crippen LogP contribution is 2.32. The van der Waals surface area contributed by atoms with Crippen LogP contribution in [0.1, 0.15) is 42.9 Å². The van der Waals surface area contributed by atoms with Gasteiger partial charge in [0.15, 0.2) is 0 Å². The van der Waals surface area contributed by atoms with Crippen molar-refractivity contribution in [2.45, 2.75) is 51.8 Å². The zero-order chi connectivity index (χ0) is 14.0. The van der Waals surface area contributed by atoms with Crippen molar-refractivity contribution in [2.24, 2.45) is 0 Å². The smallest absolute Gasteiger partial charge is 0.385 e. The molecule has 0 saturated heterocycles. The quantitative estimate of drug-likeness (QED) is 0.858. The summed E-state index contributed by atoms with van der Waals surface area (Å²) in [7, 11) is 0. The molecular weight excluding hydrogens is 241 g/mol. The lowest BCUT2D eigenvalue weighted by Crippen LogP contribution is -2.23. The highest BCUT2D eigenvalue weighted by molar-refractivity contribution is 5.36. The van der Waals surface area contributed by atoms with Gasteiger partial charge in [-0.15, -0.1) is 0 Å². The van der Waals surface area contributed by atoms with Gasteiger partial charge in [0, 0.05) is 6.42 Å². The highest BCUT2D eigenvalue weighted by atomic mass is 19.4. The molecule has 1 unspecified atom stereocenters. The van der Waals surface area contributed by atoms with Crippen LogP contribution >= 0.6 is 0 Å². The molecule has 102 valence electrons. The lowest BCUT2D eigenvalue weighted by atomic mass is 9.86. The molecule has 4 heteroatoms. The summed E-state index contributed by atoms with van der Waals surface area (Å²) < 4.78 is 36.3. The number of aryl methyl sites for hydroxylation is 1. The lowest BCUT2D eigenvalue weighted by molar-refractivity contribution is -0.137. The van der Waals surface area contributed by atoms with Gasteiger partial charge in [-0.05, 0) is 50.3 Å². The number of hydrogen-bond acceptors (Lipinski definition) is 1. The van der Waals surface area contributed by atoms with Gasteiger partial charge in [0.2, 0.25) is 0 Å². The number of alkyl halides is 3. The van der Waals surface area contributed by atoms with Crippen LogP contribution in [-0.4, -0.2) is 11.3 Å². The highest BCUT2D eigenvalue weighted by Gasteiger charge is 2.30. The number of rotatable bonds is 4. The standard InChI is InChI=1S/C14H19F3O/c1-10-6-4-7-12(11(10)2)13(3,18)8-5-9-14(15,16)17/h4,6-7,18H,5,8-9H2,1-3H3. The van der Waals surface area contributed by atoms with Crippen LogP contribution in [0.4, 0.5) is 13.2 Å². The van der Waals surface area contributed by atoms with Gasteiger partial charge in [-0.3, -0.25) is 0 Å². The van der Waals surface area contributed by atoms with Crippen LogP contribution in [0.15, 0.2) is 18.2 Å². The van der Waals surface area contributed by atoms with Gasteiger partial charge in [-0.25, -0.2) is 0 Å². The van der Waals surface area contributed by atoms with Gasteiger partial charge in [0.05, 0.1) is 5.60 Å². The van der Waals surface area contributed by atoms with Gasteiger partial charge in [0.1, 0.15) is 0 Å². The zero-order valence-electron chi connectivity index (χ0n) is 10.9. The molecule has 1 nitrogen and oxygen atoms in total. The minimum atomic E-state index is -4.16. The van der Waals surface area contributed by atoms with Crippen molar-refractivity contribution < 1.29 is 18.3 Å². The first-order valence-corrected chi connectivity index (χ1v) is 5.99. The number of halogens is 3. The summed E-state index contributed by atoms with van der Waals surface area (Å²) in [4.78, 5) is 0. The Labute approximate surface area is 106 Å². The molecule has 1 rings (SSSR count). The molecule has 1 aromatic rings. The van der Waals surface area contributed by atoms with E-state index in [1.54, 1.807) is 13.0 Å². The molecule has 1 aromatic carbocycles. The van der Waals surface area contributed by atoms with Crippen molar-refractivity contribution in [3.05, 3.63) is 34.9 Å². The third-order valence-corrected chi connectivity index (χ3v) is 3.31. The van der Waals surface area contributed by atoms with E-state index in [4.69, 9.17) is 0 Å². The fourth-order valence-electron chi connectivity index (χ4n) is 2.10. The maximum absolute atomic E-state index is 12.1. The Morgan fingerprint density at radius 2 is 1.72 bits per heavy atom. The molecule has 1 atom stereocenters. The average molecular weight is 260 g/mol. The van der Waals surface area contributed by atoms with Crippen LogP contribution in [0.2, 0.25) is 0 Å². The Balaban J connectivity index is 2.77. The van der Waals surface area contributed by atoms with Crippen LogP contribution in [0, 0.1) is 13.8 Å². The predicted molar refractivity (Wildman–Crippen MR) is 65.4 cm³/mol. The Kier molecular flexibility index (Phi) is 4.43. The van der Waals surface area contributed by atoms with Crippen LogP contribution in [0.5, 0.6) is 0 Å². The van der Waals surface area contributed by atoms with Gasteiger partial charge in [-0.1, -0.05) is 18.2 Å². The SMILES string of the molecule is Cc1cccc(C(C)(O)CCCC(F)(F)F)c1C. The first-order chi connectivity index (χ1) is 8.13. The van der Waals surface area contributed by atoms with Gasteiger partial charge >= 0.3 is 6.18 Å². The summed E-state index contributed by atoms with van der Waals surface area (Å²) in [5.74, 6) is 0. The minimum Gasteiger partial charge on any atom is -0.385 e. The molecule has 0 aromatic heterocycles. The summed E-state index contributed by atoms with van der Waals surface area (Å²) >= 11 is 0. The third kappa shape index (κ3) is 4.02. The number of hydrogen-bond donors (Lipinski definition) is 1. The summed E-state index contributed by atoms with van der Waals surface area (Å²) in [5, 5.41) is 10.3. The van der Waals surface area contributed by atoms with Crippen molar-refractivity contribution in [1.29, 1.82) is 0 Å². The van der Waals surface area contributed by atoms with Crippen LogP contribution in [-0.2, 0) is 5.60 Å². The van der Waals surface area contributed by atoms with E-state index in [1.807, 2.05) is 26.0 Å². The average Bonchev–Trinajstić information content (AvgIpc) is 2.19. The monoisotopic (exact) mass is 260 g/mol. The predicted octanol–water partition coefficient (Wildman–Crippen LogP) is 4.24. The second kappa shape index (κ2) is 5.31. The molecule has 0 aliphatic heterocycles. The third-order valence-electron chi connectivity index (χ3n) is 3.31. The van der Waals surface area contributed by atoms with E-state index in [2.05, 4.69) is 0 Å². The molecular formula is C14H19F3O. The van der Waals surface area contributed by atoms with Crippen molar-refractivity contribution in [2.75, 3.05) is 0 Å². The molecule has 0 aliphatic rings. The van der Waals surface area contributed by atoms with E-state index < -0.39 is 18.2 Å². The summed E-state index contributed by atoms with van der Waals surface area (Å²) in [6, 6.07) is 5.51. The second-order valence-corrected chi connectivity index (χ2v) is 4.99. The van der Waals surface area contributed by atoms with Crippen molar-refractivity contribution in [1.82, 2.24) is 0 Å². The summed E-state index contributed by atoms with van der Waals surface area (Å²) in [6.07, 6.45) is -4.97. The molecule has 1 N–H and O–H groups in total. The molecule has 0 heterocycles. The van der Waals surface area contributed by atoms with E-state index in [0.29, 0.717) is 5.56 Å². The summed E-state index contributed by atoms with van der Waals surface area (Å²) in [6.45, 7) is 5.37. The first-order valence-electron chi connectivity index (χ1n) is 5.99. The van der Waals surface area contributed by atoms with Crippen LogP contribution < -0.4 is 0 Å². The van der Waals surface area contributed by atoms with Gasteiger partial charge in [-0.2, -0.15) is 13.2 Å². The van der Waals surface area contributed by atoms with Gasteiger partial charge in [0.25, 0.3) is 0 Å². The van der Waals surface area contributed by atoms with E-state index in [1.165, 1.54) is 0 Å². The Morgan fingerprint density at radius 1 is 1.11 bits per heavy atom. The molecule has 0 bridgehead atoms. The molecule has 0 fully saturated rings. The Bertz CT molecular complexity index is 408. The molecule has 0 spiro atoms. The van der Waals surface area contributed by atoms with Gasteiger partial charge < -0.3 is 5.11 Å². The number of benzene rings is 1. The lowest BCUT2D eigenvalue weighted by Gasteiger charge is -2.26. The van der Waals surface area contributed by atoms with Crippen molar-refractivity contribution in [3.63, 3.8) is 0 Å². The Morgan fingerprint density at radius 3 is 2.28 bits per heavy atom. The molecule has 0 aliphatic carbocycles. The van der Waals surface area contributed by atoms with Crippen LogP contribution in [0.3, 0.4) is 0 Å². The maximum Gasteiger partial charge on any atom is 0.389 e. The molecule has 0 amide bonds. The van der Waals surface area contributed by atoms with E-state index in [9.17, 15) is 18.3 Å². The Hall–Kier alpha value is -1.03. The largest absolute Gasteiger partial charge is 0.389 e. The molecule has 0 radical (unpaired) electrons. The topological polar surface area (TPSA) is 20.2 Å². The van der Waals surface area contributed by atoms with E-state index in [-0.39, 0.29) is 12.8 Å². The maximum atomic E-state index is 12.1. The summed E-state index contributed by atoms with van der Waals surface area (Å²) in [5.41, 5.74) is 1.48. The molecule has 18 heavy (non-hydrogen) atoms. The second-order valence-electron chi connectivity index (χ2n) is 4.99. The normalized spacial score (nSPS) is 15.5. The molecule has 0 saturated carbocycles. The fraction of sp³-hybridized carbons (Fsp3) is 0.571. The van der Waals surface area contributed by atoms with Crippen molar-refractivity contribution >= 4 is 0 Å².